The molecule has 8 aromatic carbocycles. The second-order valence-corrected chi connectivity index (χ2v) is 15.7. The number of pyridine rings is 2. The Kier molecular flexibility index (Phi) is 6.40. The molecule has 3 nitrogen and oxygen atoms in total. The molecule has 0 saturated carbocycles. The monoisotopic (exact) mass is 713 g/mol. The Bertz CT molecular complexity index is 3440. The normalized spacial score (nSPS) is 13.3. The number of hydrogen-bond acceptors (Lipinski definition) is 2. The Balaban J connectivity index is 1.08. The molecule has 0 amide bonds. The Morgan fingerprint density at radius 3 is 2.05 bits per heavy atom. The van der Waals surface area contributed by atoms with E-state index in [4.69, 9.17) is 9.97 Å². The van der Waals surface area contributed by atoms with Crippen molar-refractivity contribution >= 4 is 65.2 Å². The summed E-state index contributed by atoms with van der Waals surface area (Å²) in [5, 5.41) is 9.68. The lowest BCUT2D eigenvalue weighted by atomic mass is 9.80. The van der Waals surface area contributed by atoms with Crippen LogP contribution in [0, 0.1) is 0 Å². The summed E-state index contributed by atoms with van der Waals surface area (Å²) >= 11 is 0. The molecule has 0 fully saturated rings. The molecule has 3 heteroatoms. The molecule has 11 aromatic rings. The Morgan fingerprint density at radius 1 is 0.482 bits per heavy atom. The van der Waals surface area contributed by atoms with Crippen molar-refractivity contribution < 1.29 is 0 Å². The lowest BCUT2D eigenvalue weighted by Gasteiger charge is -2.24. The number of aromatic nitrogens is 3. The lowest BCUT2D eigenvalue weighted by molar-refractivity contribution is 0.664. The SMILES string of the molecule is CC1(C)c2cc(-c3ccc(-c4ccc5ccc6cccnc6c5n4)c4ccc5ccccc5c34)ccc2-c2ccc3c4ccccc4n(-c4ccccc4)c3c21. The number of fused-ring (bicyclic) bond motifs is 13. The summed E-state index contributed by atoms with van der Waals surface area (Å²) in [6, 6.07) is 62.1. The van der Waals surface area contributed by atoms with Crippen LogP contribution in [0.4, 0.5) is 0 Å². The average molecular weight is 714 g/mol. The lowest BCUT2D eigenvalue weighted by Crippen LogP contribution is -2.16. The van der Waals surface area contributed by atoms with Crippen LogP contribution in [0.15, 0.2) is 176 Å². The molecule has 0 bridgehead atoms. The van der Waals surface area contributed by atoms with Crippen molar-refractivity contribution in [3.63, 3.8) is 0 Å². The topological polar surface area (TPSA) is 30.7 Å². The van der Waals surface area contributed by atoms with Crippen molar-refractivity contribution in [1.82, 2.24) is 14.5 Å². The number of para-hydroxylation sites is 2. The minimum atomic E-state index is -0.245. The van der Waals surface area contributed by atoms with Crippen LogP contribution in [-0.2, 0) is 5.41 Å². The second-order valence-electron chi connectivity index (χ2n) is 15.7. The van der Waals surface area contributed by atoms with E-state index in [0.29, 0.717) is 0 Å². The maximum atomic E-state index is 5.30. The number of rotatable bonds is 3. The van der Waals surface area contributed by atoms with Gasteiger partial charge in [0.1, 0.15) is 0 Å². The summed E-state index contributed by atoms with van der Waals surface area (Å²) in [7, 11) is 0. The number of hydrogen-bond donors (Lipinski definition) is 0. The maximum absolute atomic E-state index is 5.30. The highest BCUT2D eigenvalue weighted by molar-refractivity contribution is 6.19. The molecule has 1 aliphatic carbocycles. The van der Waals surface area contributed by atoms with E-state index in [1.165, 1.54) is 82.4 Å². The zero-order chi connectivity index (χ0) is 37.1. The molecule has 0 radical (unpaired) electrons. The summed E-state index contributed by atoms with van der Waals surface area (Å²) in [6.07, 6.45) is 1.86. The van der Waals surface area contributed by atoms with Gasteiger partial charge in [0.05, 0.1) is 27.8 Å². The van der Waals surface area contributed by atoms with Crippen LogP contribution in [0.3, 0.4) is 0 Å². The molecule has 0 N–H and O–H groups in total. The third-order valence-electron chi connectivity index (χ3n) is 12.4. The molecule has 56 heavy (non-hydrogen) atoms. The van der Waals surface area contributed by atoms with Crippen molar-refractivity contribution in [1.29, 1.82) is 0 Å². The first-order chi connectivity index (χ1) is 27.5. The number of benzene rings is 8. The van der Waals surface area contributed by atoms with E-state index in [9.17, 15) is 0 Å². The highest BCUT2D eigenvalue weighted by Gasteiger charge is 2.39. The van der Waals surface area contributed by atoms with Crippen LogP contribution in [-0.4, -0.2) is 14.5 Å². The van der Waals surface area contributed by atoms with Crippen molar-refractivity contribution in [3.05, 3.63) is 187 Å². The molecular formula is C53H35N3. The van der Waals surface area contributed by atoms with Gasteiger partial charge in [-0.25, -0.2) is 4.98 Å². The van der Waals surface area contributed by atoms with Gasteiger partial charge in [0, 0.05) is 44.4 Å². The molecule has 0 aliphatic heterocycles. The fourth-order valence-corrected chi connectivity index (χ4v) is 9.82. The van der Waals surface area contributed by atoms with Crippen LogP contribution in [0.25, 0.3) is 104 Å². The van der Waals surface area contributed by atoms with Gasteiger partial charge in [-0.1, -0.05) is 147 Å². The van der Waals surface area contributed by atoms with E-state index in [1.54, 1.807) is 0 Å². The van der Waals surface area contributed by atoms with Crippen LogP contribution in [0.2, 0.25) is 0 Å². The summed E-state index contributed by atoms with van der Waals surface area (Å²) in [5.41, 5.74) is 15.2. The molecule has 262 valence electrons. The van der Waals surface area contributed by atoms with Gasteiger partial charge in [0.2, 0.25) is 0 Å². The molecule has 3 aromatic heterocycles. The molecule has 1 aliphatic rings. The molecule has 12 rings (SSSR count). The zero-order valence-corrected chi connectivity index (χ0v) is 31.1. The van der Waals surface area contributed by atoms with Crippen molar-refractivity contribution in [3.8, 4) is 39.2 Å². The zero-order valence-electron chi connectivity index (χ0n) is 31.1. The molecular weight excluding hydrogens is 679 g/mol. The molecule has 0 unspecified atom stereocenters. The van der Waals surface area contributed by atoms with Gasteiger partial charge in [-0.3, -0.25) is 4.98 Å². The van der Waals surface area contributed by atoms with E-state index in [0.717, 1.165) is 33.1 Å². The fourth-order valence-electron chi connectivity index (χ4n) is 9.82. The Labute approximate surface area is 324 Å². The van der Waals surface area contributed by atoms with Gasteiger partial charge in [0.15, 0.2) is 0 Å². The molecule has 0 atom stereocenters. The predicted octanol–water partition coefficient (Wildman–Crippen LogP) is 13.8. The van der Waals surface area contributed by atoms with E-state index < -0.39 is 0 Å². The first kappa shape index (κ1) is 31.3. The summed E-state index contributed by atoms with van der Waals surface area (Å²) in [4.78, 5) is 10.0. The van der Waals surface area contributed by atoms with E-state index in [-0.39, 0.29) is 5.41 Å². The summed E-state index contributed by atoms with van der Waals surface area (Å²) in [5.74, 6) is 0. The average Bonchev–Trinajstić information content (AvgIpc) is 3.71. The van der Waals surface area contributed by atoms with E-state index >= 15 is 0 Å². The quantitative estimate of drug-likeness (QED) is 0.171. The largest absolute Gasteiger partial charge is 0.309 e. The minimum Gasteiger partial charge on any atom is -0.309 e. The van der Waals surface area contributed by atoms with Crippen LogP contribution < -0.4 is 0 Å². The summed E-state index contributed by atoms with van der Waals surface area (Å²) in [6.45, 7) is 4.82. The van der Waals surface area contributed by atoms with Crippen molar-refractivity contribution in [2.45, 2.75) is 19.3 Å². The first-order valence-corrected chi connectivity index (χ1v) is 19.4. The van der Waals surface area contributed by atoms with Crippen molar-refractivity contribution in [2.24, 2.45) is 0 Å². The standard InChI is InChI=1S/C53H35N3/c1-53(2)45-31-35(21-23-39(45)43-27-28-44-41-16-8-9-17-47(41)56(52(44)49(43)53)36-13-4-3-5-14-36)38-25-26-40(42-24-20-32-11-6-7-15-37(32)48(38)42)46-29-22-34-19-18-33-12-10-30-54-50(33)51(34)55-46/h3-31H,1-2H3. The van der Waals surface area contributed by atoms with Gasteiger partial charge in [0.25, 0.3) is 0 Å². The summed E-state index contributed by atoms with van der Waals surface area (Å²) < 4.78 is 2.48. The molecule has 3 heterocycles. The molecule has 0 saturated heterocycles. The second kappa shape index (κ2) is 11.5. The molecule has 0 spiro atoms. The van der Waals surface area contributed by atoms with Gasteiger partial charge >= 0.3 is 0 Å². The highest BCUT2D eigenvalue weighted by Crippen LogP contribution is 2.54. The predicted molar refractivity (Wildman–Crippen MR) is 235 cm³/mol. The Morgan fingerprint density at radius 2 is 1.16 bits per heavy atom. The van der Waals surface area contributed by atoms with Gasteiger partial charge in [-0.15, -0.1) is 0 Å². The minimum absolute atomic E-state index is 0.245. The number of nitrogens with zero attached hydrogens (tertiary/aromatic N) is 3. The highest BCUT2D eigenvalue weighted by atomic mass is 15.0. The van der Waals surface area contributed by atoms with Crippen LogP contribution in [0.1, 0.15) is 25.0 Å². The van der Waals surface area contributed by atoms with Gasteiger partial charge < -0.3 is 4.57 Å². The van der Waals surface area contributed by atoms with Gasteiger partial charge in [-0.05, 0) is 91.3 Å². The Hall–Kier alpha value is -7.10. The maximum Gasteiger partial charge on any atom is 0.0972 e. The third-order valence-corrected chi connectivity index (χ3v) is 12.4. The smallest absolute Gasteiger partial charge is 0.0972 e. The fraction of sp³-hybridized carbons (Fsp3) is 0.0566. The van der Waals surface area contributed by atoms with E-state index in [1.807, 2.05) is 12.3 Å². The van der Waals surface area contributed by atoms with Gasteiger partial charge in [-0.2, -0.15) is 0 Å². The van der Waals surface area contributed by atoms with Crippen LogP contribution in [0.5, 0.6) is 0 Å². The third kappa shape index (κ3) is 4.28. The van der Waals surface area contributed by atoms with Crippen LogP contribution >= 0.6 is 0 Å². The van der Waals surface area contributed by atoms with E-state index in [2.05, 4.69) is 182 Å². The van der Waals surface area contributed by atoms with Crippen molar-refractivity contribution in [2.75, 3.05) is 0 Å². The first-order valence-electron chi connectivity index (χ1n) is 19.4.